The maximum absolute atomic E-state index is 4.15. The van der Waals surface area contributed by atoms with Crippen molar-refractivity contribution in [2.75, 3.05) is 0 Å². The average Bonchev–Trinajstić information content (AvgIpc) is 2.51. The number of rotatable bonds is 0. The molecule has 0 aliphatic rings. The van der Waals surface area contributed by atoms with Crippen LogP contribution in [0, 0.1) is 18.8 Å². The molecule has 0 radical (unpaired) electrons. The van der Waals surface area contributed by atoms with Gasteiger partial charge in [-0.1, -0.05) is 5.92 Å². The third-order valence-corrected chi connectivity index (χ3v) is 2.85. The lowest BCUT2D eigenvalue weighted by molar-refractivity contribution is 1.32. The van der Waals surface area contributed by atoms with Crippen molar-refractivity contribution in [3.63, 3.8) is 0 Å². The number of thiophene rings is 1. The number of aryl methyl sites for hydroxylation is 1. The molecule has 0 unspecified atom stereocenters. The zero-order chi connectivity index (χ0) is 9.26. The Labute approximate surface area is 81.4 Å². The van der Waals surface area contributed by atoms with Gasteiger partial charge in [0, 0.05) is 28.7 Å². The molecular weight excluding hydrogens is 178 g/mol. The van der Waals surface area contributed by atoms with Crippen LogP contribution in [0.3, 0.4) is 0 Å². The molecule has 0 atom stereocenters. The maximum Gasteiger partial charge on any atom is 0.0541 e. The van der Waals surface area contributed by atoms with Crippen molar-refractivity contribution in [2.45, 2.75) is 13.8 Å². The van der Waals surface area contributed by atoms with Crippen LogP contribution in [0.1, 0.15) is 18.1 Å². The molecule has 0 saturated heterocycles. The fourth-order valence-electron chi connectivity index (χ4n) is 1.38. The highest BCUT2D eigenvalue weighted by Crippen LogP contribution is 2.26. The molecule has 2 rings (SSSR count). The lowest BCUT2D eigenvalue weighted by Crippen LogP contribution is -1.78. The predicted molar refractivity (Wildman–Crippen MR) is 56.9 cm³/mol. The van der Waals surface area contributed by atoms with E-state index in [1.54, 1.807) is 11.3 Å². The monoisotopic (exact) mass is 187 g/mol. The van der Waals surface area contributed by atoms with Crippen LogP contribution in [0.25, 0.3) is 10.1 Å². The van der Waals surface area contributed by atoms with E-state index >= 15 is 0 Å². The second kappa shape index (κ2) is 3.20. The number of pyridine rings is 1. The molecule has 2 heterocycles. The standard InChI is InChI=1S/C11H9NS/c1-3-4-9-7-13-10-6-12-5-8(2)11(9)10/h5-7H,1-2H3. The second-order valence-electron chi connectivity index (χ2n) is 2.85. The van der Waals surface area contributed by atoms with Gasteiger partial charge >= 0.3 is 0 Å². The summed E-state index contributed by atoms with van der Waals surface area (Å²) >= 11 is 1.70. The van der Waals surface area contributed by atoms with Gasteiger partial charge in [-0.15, -0.1) is 17.3 Å². The summed E-state index contributed by atoms with van der Waals surface area (Å²) < 4.78 is 1.22. The fourth-order valence-corrected chi connectivity index (χ4v) is 2.31. The van der Waals surface area contributed by atoms with E-state index in [2.05, 4.69) is 29.1 Å². The minimum atomic E-state index is 1.13. The molecule has 2 heteroatoms. The van der Waals surface area contributed by atoms with Crippen LogP contribution < -0.4 is 0 Å². The van der Waals surface area contributed by atoms with Crippen molar-refractivity contribution in [1.29, 1.82) is 0 Å². The van der Waals surface area contributed by atoms with E-state index in [1.165, 1.54) is 15.6 Å². The lowest BCUT2D eigenvalue weighted by atomic mass is 10.1. The van der Waals surface area contributed by atoms with Gasteiger partial charge in [-0.2, -0.15) is 0 Å². The van der Waals surface area contributed by atoms with Gasteiger partial charge in [0.2, 0.25) is 0 Å². The summed E-state index contributed by atoms with van der Waals surface area (Å²) in [5, 5.41) is 3.35. The van der Waals surface area contributed by atoms with Crippen molar-refractivity contribution in [2.24, 2.45) is 0 Å². The van der Waals surface area contributed by atoms with Crippen molar-refractivity contribution in [1.82, 2.24) is 4.98 Å². The van der Waals surface area contributed by atoms with Gasteiger partial charge in [0.25, 0.3) is 0 Å². The fraction of sp³-hybridized carbons (Fsp3) is 0.182. The van der Waals surface area contributed by atoms with E-state index in [9.17, 15) is 0 Å². The van der Waals surface area contributed by atoms with Crippen LogP contribution in [0.2, 0.25) is 0 Å². The van der Waals surface area contributed by atoms with Crippen molar-refractivity contribution in [3.05, 3.63) is 28.9 Å². The predicted octanol–water partition coefficient (Wildman–Crippen LogP) is 2.98. The van der Waals surface area contributed by atoms with Gasteiger partial charge in [0.1, 0.15) is 0 Å². The van der Waals surface area contributed by atoms with E-state index in [0.29, 0.717) is 0 Å². The number of fused-ring (bicyclic) bond motifs is 1. The van der Waals surface area contributed by atoms with Gasteiger partial charge in [0.05, 0.1) is 4.70 Å². The Morgan fingerprint density at radius 3 is 3.00 bits per heavy atom. The molecule has 0 amide bonds. The molecule has 0 fully saturated rings. The summed E-state index contributed by atoms with van der Waals surface area (Å²) in [6.45, 7) is 3.93. The Balaban J connectivity index is 2.83. The molecule has 0 aromatic carbocycles. The summed E-state index contributed by atoms with van der Waals surface area (Å²) in [6.07, 6.45) is 3.78. The van der Waals surface area contributed by atoms with Crippen LogP contribution in [0.5, 0.6) is 0 Å². The minimum Gasteiger partial charge on any atom is -0.263 e. The molecular formula is C11H9NS. The van der Waals surface area contributed by atoms with E-state index in [1.807, 2.05) is 19.3 Å². The molecule has 2 aromatic heterocycles. The molecule has 0 aliphatic carbocycles. The largest absolute Gasteiger partial charge is 0.263 e. The molecule has 2 aromatic rings. The molecule has 1 nitrogen and oxygen atoms in total. The molecule has 0 bridgehead atoms. The third-order valence-electron chi connectivity index (χ3n) is 1.93. The number of nitrogens with zero attached hydrogens (tertiary/aromatic N) is 1. The number of hydrogen-bond acceptors (Lipinski definition) is 2. The first-order valence-corrected chi connectivity index (χ1v) is 4.95. The normalized spacial score (nSPS) is 9.69. The number of aromatic nitrogens is 1. The highest BCUT2D eigenvalue weighted by atomic mass is 32.1. The van der Waals surface area contributed by atoms with Gasteiger partial charge < -0.3 is 0 Å². The van der Waals surface area contributed by atoms with Crippen molar-refractivity contribution in [3.8, 4) is 11.8 Å². The average molecular weight is 187 g/mol. The summed E-state index contributed by atoms with van der Waals surface area (Å²) in [7, 11) is 0. The van der Waals surface area contributed by atoms with Crippen LogP contribution in [-0.2, 0) is 0 Å². The molecule has 64 valence electrons. The minimum absolute atomic E-state index is 1.13. The van der Waals surface area contributed by atoms with Crippen molar-refractivity contribution >= 4 is 21.4 Å². The van der Waals surface area contributed by atoms with Gasteiger partial charge in [-0.25, -0.2) is 0 Å². The topological polar surface area (TPSA) is 12.9 Å². The maximum atomic E-state index is 4.15. The van der Waals surface area contributed by atoms with E-state index in [0.717, 1.165) is 5.56 Å². The first kappa shape index (κ1) is 8.28. The number of hydrogen-bond donors (Lipinski definition) is 0. The van der Waals surface area contributed by atoms with Gasteiger partial charge in [-0.05, 0) is 19.4 Å². The molecule has 13 heavy (non-hydrogen) atoms. The van der Waals surface area contributed by atoms with Gasteiger partial charge in [-0.3, -0.25) is 4.98 Å². The third kappa shape index (κ3) is 1.32. The highest BCUT2D eigenvalue weighted by molar-refractivity contribution is 7.17. The molecule has 0 N–H and O–H groups in total. The summed E-state index contributed by atoms with van der Waals surface area (Å²) in [4.78, 5) is 4.15. The lowest BCUT2D eigenvalue weighted by Gasteiger charge is -1.94. The van der Waals surface area contributed by atoms with Crippen LogP contribution in [0.15, 0.2) is 17.8 Å². The Kier molecular flexibility index (Phi) is 2.03. The molecule has 0 spiro atoms. The Morgan fingerprint density at radius 2 is 2.23 bits per heavy atom. The van der Waals surface area contributed by atoms with Crippen LogP contribution >= 0.6 is 11.3 Å². The zero-order valence-corrected chi connectivity index (χ0v) is 8.40. The first-order valence-electron chi connectivity index (χ1n) is 4.07. The molecule has 0 aliphatic heterocycles. The quantitative estimate of drug-likeness (QED) is 0.578. The smallest absolute Gasteiger partial charge is 0.0541 e. The van der Waals surface area contributed by atoms with E-state index < -0.39 is 0 Å². The molecule has 0 saturated carbocycles. The zero-order valence-electron chi connectivity index (χ0n) is 7.59. The van der Waals surface area contributed by atoms with Crippen LogP contribution in [-0.4, -0.2) is 4.98 Å². The first-order chi connectivity index (χ1) is 6.33. The van der Waals surface area contributed by atoms with E-state index in [4.69, 9.17) is 0 Å². The second-order valence-corrected chi connectivity index (χ2v) is 3.77. The summed E-state index contributed by atoms with van der Waals surface area (Å²) in [6, 6.07) is 0. The van der Waals surface area contributed by atoms with Gasteiger partial charge in [0.15, 0.2) is 0 Å². The Hall–Kier alpha value is -1.33. The Morgan fingerprint density at radius 1 is 1.38 bits per heavy atom. The van der Waals surface area contributed by atoms with Crippen molar-refractivity contribution < 1.29 is 0 Å². The van der Waals surface area contributed by atoms with E-state index in [-0.39, 0.29) is 0 Å². The summed E-state index contributed by atoms with van der Waals surface area (Å²) in [5.74, 6) is 6.03. The summed E-state index contributed by atoms with van der Waals surface area (Å²) in [5.41, 5.74) is 2.33. The Bertz CT molecular complexity index is 500. The highest BCUT2D eigenvalue weighted by Gasteiger charge is 2.03. The SMILES string of the molecule is CC#Cc1csc2cncc(C)c12. The van der Waals surface area contributed by atoms with Crippen LogP contribution in [0.4, 0.5) is 0 Å².